The van der Waals surface area contributed by atoms with Gasteiger partial charge < -0.3 is 10.6 Å². The number of anilines is 1. The van der Waals surface area contributed by atoms with Crippen molar-refractivity contribution < 1.29 is 4.79 Å². The van der Waals surface area contributed by atoms with Crippen LogP contribution < -0.4 is 10.6 Å². The number of aromatic nitrogens is 2. The van der Waals surface area contributed by atoms with Crippen molar-refractivity contribution in [1.82, 2.24) is 15.3 Å². The highest BCUT2D eigenvalue weighted by Gasteiger charge is 2.19. The number of hydrogen-bond donors (Lipinski definition) is 2. The number of nitrogens with one attached hydrogen (secondary N) is 2. The summed E-state index contributed by atoms with van der Waals surface area (Å²) in [7, 11) is 0. The van der Waals surface area contributed by atoms with E-state index < -0.39 is 0 Å². The molecule has 1 aliphatic rings. The highest BCUT2D eigenvalue weighted by Crippen LogP contribution is 2.29. The van der Waals surface area contributed by atoms with Crippen molar-refractivity contribution in [1.29, 1.82) is 0 Å². The van der Waals surface area contributed by atoms with E-state index in [2.05, 4.69) is 20.6 Å². The van der Waals surface area contributed by atoms with Crippen LogP contribution in [0, 0.1) is 0 Å². The predicted octanol–water partition coefficient (Wildman–Crippen LogP) is 2.26. The van der Waals surface area contributed by atoms with Crippen LogP contribution in [0.25, 0.3) is 0 Å². The van der Waals surface area contributed by atoms with E-state index in [1.54, 1.807) is 29.9 Å². The molecule has 0 aliphatic heterocycles. The maximum Gasteiger partial charge on any atom is 0.252 e. The number of fused-ring (bicyclic) bond motifs is 1. The lowest BCUT2D eigenvalue weighted by molar-refractivity contribution is 0.0954. The Labute approximate surface area is 127 Å². The van der Waals surface area contributed by atoms with E-state index in [0.717, 1.165) is 24.2 Å². The first-order valence-corrected chi connectivity index (χ1v) is 8.10. The minimum atomic E-state index is 0.0374. The molecule has 0 spiro atoms. The second-order valence-corrected chi connectivity index (χ2v) is 6.00. The molecule has 0 unspecified atom stereocenters. The number of hydrogen-bond acceptors (Lipinski definition) is 5. The first-order valence-electron chi connectivity index (χ1n) is 7.22. The highest BCUT2D eigenvalue weighted by atomic mass is 32.1. The van der Waals surface area contributed by atoms with Gasteiger partial charge >= 0.3 is 0 Å². The van der Waals surface area contributed by atoms with Crippen molar-refractivity contribution in [2.75, 3.05) is 18.4 Å². The van der Waals surface area contributed by atoms with Gasteiger partial charge in [0.15, 0.2) is 0 Å². The topological polar surface area (TPSA) is 66.9 Å². The Morgan fingerprint density at radius 2 is 2.14 bits per heavy atom. The van der Waals surface area contributed by atoms with Gasteiger partial charge in [-0.3, -0.25) is 9.78 Å². The molecular formula is C15H18N4OS. The monoisotopic (exact) mass is 302 g/mol. The van der Waals surface area contributed by atoms with Gasteiger partial charge in [0.1, 0.15) is 5.82 Å². The molecule has 21 heavy (non-hydrogen) atoms. The summed E-state index contributed by atoms with van der Waals surface area (Å²) in [4.78, 5) is 21.7. The van der Waals surface area contributed by atoms with Crippen LogP contribution in [0.5, 0.6) is 0 Å². The number of aryl methyl sites for hydroxylation is 1. The van der Waals surface area contributed by atoms with E-state index in [-0.39, 0.29) is 5.91 Å². The van der Waals surface area contributed by atoms with Crippen LogP contribution in [-0.2, 0) is 12.8 Å². The van der Waals surface area contributed by atoms with Gasteiger partial charge in [0.25, 0.3) is 5.91 Å². The van der Waals surface area contributed by atoms with Crippen LogP contribution in [0.2, 0.25) is 0 Å². The molecule has 0 atom stereocenters. The van der Waals surface area contributed by atoms with Crippen molar-refractivity contribution in [3.05, 3.63) is 40.0 Å². The number of thiophene rings is 1. The van der Waals surface area contributed by atoms with Gasteiger partial charge in [-0.2, -0.15) is 0 Å². The summed E-state index contributed by atoms with van der Waals surface area (Å²) in [6.07, 6.45) is 9.54. The number of carbonyl (C=O) groups excluding carboxylic acids is 1. The summed E-state index contributed by atoms with van der Waals surface area (Å²) in [5, 5.41) is 8.09. The lowest BCUT2D eigenvalue weighted by Gasteiger charge is -2.13. The molecule has 0 radical (unpaired) electrons. The van der Waals surface area contributed by atoms with Gasteiger partial charge in [-0.05, 0) is 31.2 Å². The highest BCUT2D eigenvalue weighted by molar-refractivity contribution is 7.10. The average Bonchev–Trinajstić information content (AvgIpc) is 2.96. The van der Waals surface area contributed by atoms with E-state index in [1.165, 1.54) is 23.3 Å². The molecule has 1 aliphatic carbocycles. The molecule has 0 aromatic carbocycles. The Morgan fingerprint density at radius 1 is 1.24 bits per heavy atom. The molecule has 0 bridgehead atoms. The zero-order valence-electron chi connectivity index (χ0n) is 11.8. The molecule has 0 saturated carbocycles. The second kappa shape index (κ2) is 6.67. The fourth-order valence-electron chi connectivity index (χ4n) is 2.54. The first-order chi connectivity index (χ1) is 10.3. The molecule has 1 amide bonds. The maximum atomic E-state index is 12.2. The largest absolute Gasteiger partial charge is 0.367 e. The molecule has 6 heteroatoms. The van der Waals surface area contributed by atoms with E-state index in [9.17, 15) is 4.79 Å². The number of nitrogens with zero attached hydrogens (tertiary/aromatic N) is 2. The van der Waals surface area contributed by atoms with Gasteiger partial charge in [-0.15, -0.1) is 11.3 Å². The molecule has 3 rings (SSSR count). The summed E-state index contributed by atoms with van der Waals surface area (Å²) < 4.78 is 0. The van der Waals surface area contributed by atoms with E-state index in [1.807, 2.05) is 5.38 Å². The maximum absolute atomic E-state index is 12.2. The fourth-order valence-corrected chi connectivity index (χ4v) is 3.66. The van der Waals surface area contributed by atoms with Crippen LogP contribution in [-0.4, -0.2) is 29.0 Å². The summed E-state index contributed by atoms with van der Waals surface area (Å²) >= 11 is 1.72. The van der Waals surface area contributed by atoms with Gasteiger partial charge in [-0.25, -0.2) is 4.98 Å². The minimum absolute atomic E-state index is 0.0374. The zero-order chi connectivity index (χ0) is 14.5. The second-order valence-electron chi connectivity index (χ2n) is 5.03. The molecule has 2 aromatic rings. The van der Waals surface area contributed by atoms with Crippen molar-refractivity contribution in [2.24, 2.45) is 0 Å². The zero-order valence-corrected chi connectivity index (χ0v) is 12.6. The Hall–Kier alpha value is -1.95. The van der Waals surface area contributed by atoms with E-state index in [0.29, 0.717) is 13.1 Å². The first kappa shape index (κ1) is 14.0. The molecule has 110 valence electrons. The van der Waals surface area contributed by atoms with Crippen molar-refractivity contribution in [3.63, 3.8) is 0 Å². The molecule has 5 nitrogen and oxygen atoms in total. The summed E-state index contributed by atoms with van der Waals surface area (Å²) in [5.41, 5.74) is 2.14. The Morgan fingerprint density at radius 3 is 3.00 bits per heavy atom. The lowest BCUT2D eigenvalue weighted by Crippen LogP contribution is -2.29. The number of carbonyl (C=O) groups is 1. The molecular weight excluding hydrogens is 284 g/mol. The van der Waals surface area contributed by atoms with Crippen LogP contribution in [0.4, 0.5) is 5.82 Å². The predicted molar refractivity (Wildman–Crippen MR) is 83.8 cm³/mol. The molecule has 0 fully saturated rings. The Kier molecular flexibility index (Phi) is 4.45. The van der Waals surface area contributed by atoms with Crippen molar-refractivity contribution >= 4 is 23.1 Å². The van der Waals surface area contributed by atoms with E-state index >= 15 is 0 Å². The molecule has 2 heterocycles. The molecule has 2 aromatic heterocycles. The summed E-state index contributed by atoms with van der Waals surface area (Å²) in [6.45, 7) is 1.21. The average molecular weight is 302 g/mol. The summed E-state index contributed by atoms with van der Waals surface area (Å²) in [5.74, 6) is 0.759. The van der Waals surface area contributed by atoms with Crippen molar-refractivity contribution in [3.8, 4) is 0 Å². The fraction of sp³-hybridized carbons (Fsp3) is 0.400. The lowest BCUT2D eigenvalue weighted by atomic mass is 9.96. The normalized spacial score (nSPS) is 13.5. The van der Waals surface area contributed by atoms with Crippen LogP contribution >= 0.6 is 11.3 Å². The van der Waals surface area contributed by atoms with E-state index in [4.69, 9.17) is 0 Å². The van der Waals surface area contributed by atoms with Gasteiger partial charge in [0.2, 0.25) is 0 Å². The third kappa shape index (κ3) is 3.39. The quantitative estimate of drug-likeness (QED) is 0.831. The molecule has 0 saturated heterocycles. The van der Waals surface area contributed by atoms with Crippen LogP contribution in [0.1, 0.15) is 33.6 Å². The third-order valence-electron chi connectivity index (χ3n) is 3.59. The van der Waals surface area contributed by atoms with Gasteiger partial charge in [0, 0.05) is 35.7 Å². The number of rotatable bonds is 5. The smallest absolute Gasteiger partial charge is 0.252 e. The summed E-state index contributed by atoms with van der Waals surface area (Å²) in [6, 6.07) is 0. The third-order valence-corrected chi connectivity index (χ3v) is 4.67. The Bertz CT molecular complexity index is 611. The standard InChI is InChI=1S/C15H18N4OS/c20-15(12-10-21-13-4-2-1-3-11(12)13)19-8-7-18-14-9-16-5-6-17-14/h5-6,9-10H,1-4,7-8H2,(H,17,18)(H,19,20). The Balaban J connectivity index is 1.49. The van der Waals surface area contributed by atoms with Crippen molar-refractivity contribution in [2.45, 2.75) is 25.7 Å². The van der Waals surface area contributed by atoms with Crippen LogP contribution in [0.15, 0.2) is 24.0 Å². The van der Waals surface area contributed by atoms with Crippen LogP contribution in [0.3, 0.4) is 0 Å². The SMILES string of the molecule is O=C(NCCNc1cnccn1)c1csc2c1CCCC2. The minimum Gasteiger partial charge on any atom is -0.367 e. The van der Waals surface area contributed by atoms with Gasteiger partial charge in [0.05, 0.1) is 11.8 Å². The van der Waals surface area contributed by atoms with Gasteiger partial charge in [-0.1, -0.05) is 0 Å². The molecule has 2 N–H and O–H groups in total. The number of amides is 1.